The molecule has 5 heteroatoms. The van der Waals surface area contributed by atoms with Crippen molar-refractivity contribution in [3.05, 3.63) is 206 Å². The Bertz CT molecular complexity index is 3290. The number of nitrogens with zero attached hydrogens (tertiary/aromatic N) is 2. The highest BCUT2D eigenvalue weighted by Crippen LogP contribution is 2.46. The van der Waals surface area contributed by atoms with Gasteiger partial charge in [0.25, 0.3) is 0 Å². The van der Waals surface area contributed by atoms with Crippen LogP contribution in [0, 0.1) is 0 Å². The SMILES string of the molecule is c1ccc(N(c2ccccc2)c2nc3c(-c4ccc(-c5ccc6sc7ccccc7c6c5)cc4)ccc(-c4ccc(-c5ccc6sc7ccccc7c6c5)cc4)c3s2)cc1. The Morgan fingerprint density at radius 1 is 0.317 bits per heavy atom. The fraction of sp³-hybridized carbons (Fsp3) is 0. The van der Waals surface area contributed by atoms with Crippen molar-refractivity contribution in [3.8, 4) is 44.5 Å². The second-order valence-corrected chi connectivity index (χ2v) is 18.3. The van der Waals surface area contributed by atoms with Gasteiger partial charge in [-0.15, -0.1) is 22.7 Å². The Balaban J connectivity index is 0.968. The van der Waals surface area contributed by atoms with Crippen molar-refractivity contribution in [3.63, 3.8) is 0 Å². The minimum Gasteiger partial charge on any atom is -0.286 e. The number of rotatable bonds is 7. The van der Waals surface area contributed by atoms with Gasteiger partial charge in [-0.1, -0.05) is 157 Å². The lowest BCUT2D eigenvalue weighted by atomic mass is 9.95. The highest BCUT2D eigenvalue weighted by molar-refractivity contribution is 7.26. The maximum atomic E-state index is 5.53. The highest BCUT2D eigenvalue weighted by Gasteiger charge is 2.21. The molecule has 0 aliphatic rings. The number of para-hydroxylation sites is 2. The van der Waals surface area contributed by atoms with Gasteiger partial charge in [0.15, 0.2) is 5.13 Å². The Kier molecular flexibility index (Phi) is 8.44. The van der Waals surface area contributed by atoms with Crippen molar-refractivity contribution in [2.45, 2.75) is 0 Å². The molecule has 60 heavy (non-hydrogen) atoms. The maximum absolute atomic E-state index is 5.53. The molecule has 0 spiro atoms. The van der Waals surface area contributed by atoms with Crippen LogP contribution < -0.4 is 4.90 Å². The molecule has 0 unspecified atom stereocenters. The average molecular weight is 819 g/mol. The van der Waals surface area contributed by atoms with Gasteiger partial charge in [0.1, 0.15) is 0 Å². The number of fused-ring (bicyclic) bond motifs is 7. The molecule has 0 amide bonds. The van der Waals surface area contributed by atoms with E-state index in [1.807, 2.05) is 22.7 Å². The number of aromatic nitrogens is 1. The molecule has 0 aliphatic carbocycles. The highest BCUT2D eigenvalue weighted by atomic mass is 32.1. The van der Waals surface area contributed by atoms with Crippen LogP contribution in [0.2, 0.25) is 0 Å². The van der Waals surface area contributed by atoms with Crippen LogP contribution in [0.4, 0.5) is 16.5 Å². The number of anilines is 3. The molecule has 282 valence electrons. The lowest BCUT2D eigenvalue weighted by Crippen LogP contribution is -2.09. The van der Waals surface area contributed by atoms with Gasteiger partial charge in [-0.05, 0) is 94.0 Å². The molecule has 3 heterocycles. The first-order valence-corrected chi connectivity index (χ1v) is 22.5. The van der Waals surface area contributed by atoms with Crippen LogP contribution >= 0.6 is 34.0 Å². The molecule has 0 saturated carbocycles. The summed E-state index contributed by atoms with van der Waals surface area (Å²) in [7, 11) is 0. The molecule has 3 aromatic heterocycles. The molecule has 9 aromatic carbocycles. The van der Waals surface area contributed by atoms with Gasteiger partial charge >= 0.3 is 0 Å². The molecule has 0 saturated heterocycles. The van der Waals surface area contributed by atoms with Gasteiger partial charge in [-0.2, -0.15) is 0 Å². The van der Waals surface area contributed by atoms with E-state index in [0.29, 0.717) is 0 Å². The minimum atomic E-state index is 0.928. The van der Waals surface area contributed by atoms with Gasteiger partial charge in [-0.3, -0.25) is 4.90 Å². The quantitative estimate of drug-likeness (QED) is 0.159. The third-order valence-corrected chi connectivity index (χ3v) is 14.9. The van der Waals surface area contributed by atoms with Crippen LogP contribution in [-0.4, -0.2) is 4.98 Å². The smallest absolute Gasteiger partial charge is 0.195 e. The van der Waals surface area contributed by atoms with E-state index in [0.717, 1.165) is 37.8 Å². The molecule has 12 rings (SSSR count). The van der Waals surface area contributed by atoms with Crippen LogP contribution in [0.15, 0.2) is 206 Å². The summed E-state index contributed by atoms with van der Waals surface area (Å²) in [6, 6.07) is 74.9. The summed E-state index contributed by atoms with van der Waals surface area (Å²) in [5.41, 5.74) is 12.6. The zero-order valence-corrected chi connectivity index (χ0v) is 34.7. The first-order chi connectivity index (χ1) is 29.7. The van der Waals surface area contributed by atoms with Gasteiger partial charge < -0.3 is 0 Å². The van der Waals surface area contributed by atoms with E-state index >= 15 is 0 Å². The summed E-state index contributed by atoms with van der Waals surface area (Å²) in [6.45, 7) is 0. The van der Waals surface area contributed by atoms with Gasteiger partial charge in [0.2, 0.25) is 0 Å². The Morgan fingerprint density at radius 2 is 0.733 bits per heavy atom. The molecule has 0 bridgehead atoms. The van der Waals surface area contributed by atoms with Crippen LogP contribution in [0.25, 0.3) is 95.1 Å². The summed E-state index contributed by atoms with van der Waals surface area (Å²) < 4.78 is 6.46. The van der Waals surface area contributed by atoms with E-state index in [-0.39, 0.29) is 0 Å². The second-order valence-electron chi connectivity index (χ2n) is 15.1. The summed E-state index contributed by atoms with van der Waals surface area (Å²) in [5, 5.41) is 6.20. The molecule has 0 aliphatic heterocycles. The van der Waals surface area contributed by atoms with Crippen molar-refractivity contribution in [2.75, 3.05) is 4.90 Å². The Hall–Kier alpha value is -6.89. The zero-order chi connectivity index (χ0) is 39.6. The monoisotopic (exact) mass is 818 g/mol. The number of thiophene rings is 2. The standard InChI is InChI=1S/C55H34N2S3/c1-3-11-41(12-4-1)57(42-13-5-2-6-14-42)55-56-53-43(37-23-19-35(20-24-37)39-27-31-51-47(33-39)45-15-7-9-17-49(45)58-51)29-30-44(54(53)60-55)38-25-21-36(22-26-38)40-28-32-52-48(34-40)46-16-8-10-18-50(46)59-52/h1-34H. The molecule has 12 aromatic rings. The van der Waals surface area contributed by atoms with Crippen molar-refractivity contribution in [2.24, 2.45) is 0 Å². The first kappa shape index (κ1) is 35.1. The second kappa shape index (κ2) is 14.4. The predicted octanol–water partition coefficient (Wildman–Crippen LogP) is 17.2. The van der Waals surface area contributed by atoms with Crippen molar-refractivity contribution >= 4 is 101 Å². The minimum absolute atomic E-state index is 0.928. The maximum Gasteiger partial charge on any atom is 0.195 e. The van der Waals surface area contributed by atoms with E-state index in [1.54, 1.807) is 11.3 Å². The summed E-state index contributed by atoms with van der Waals surface area (Å²) in [5.74, 6) is 0. The lowest BCUT2D eigenvalue weighted by molar-refractivity contribution is 1.25. The van der Waals surface area contributed by atoms with E-state index in [4.69, 9.17) is 4.98 Å². The van der Waals surface area contributed by atoms with Crippen LogP contribution in [-0.2, 0) is 0 Å². The molecular weight excluding hydrogens is 785 g/mol. The number of thiazole rings is 1. The summed E-state index contributed by atoms with van der Waals surface area (Å²) >= 11 is 5.47. The van der Waals surface area contributed by atoms with E-state index in [1.165, 1.54) is 73.7 Å². The van der Waals surface area contributed by atoms with Gasteiger partial charge in [0.05, 0.1) is 10.2 Å². The molecule has 0 atom stereocenters. The molecular formula is C55H34N2S3. The van der Waals surface area contributed by atoms with Crippen molar-refractivity contribution in [1.29, 1.82) is 0 Å². The fourth-order valence-electron chi connectivity index (χ4n) is 8.57. The molecule has 0 N–H and O–H groups in total. The normalized spacial score (nSPS) is 11.7. The topological polar surface area (TPSA) is 16.1 Å². The zero-order valence-electron chi connectivity index (χ0n) is 32.2. The van der Waals surface area contributed by atoms with Crippen LogP contribution in [0.3, 0.4) is 0 Å². The van der Waals surface area contributed by atoms with Gasteiger partial charge in [0, 0.05) is 62.8 Å². The van der Waals surface area contributed by atoms with Gasteiger partial charge in [-0.25, -0.2) is 4.98 Å². The van der Waals surface area contributed by atoms with Crippen molar-refractivity contribution in [1.82, 2.24) is 4.98 Å². The summed E-state index contributed by atoms with van der Waals surface area (Å²) in [4.78, 5) is 7.80. The molecule has 0 radical (unpaired) electrons. The number of hydrogen-bond donors (Lipinski definition) is 0. The predicted molar refractivity (Wildman–Crippen MR) is 262 cm³/mol. The Labute approximate surface area is 359 Å². The average Bonchev–Trinajstić information content (AvgIpc) is 4.03. The van der Waals surface area contributed by atoms with E-state index < -0.39 is 0 Å². The van der Waals surface area contributed by atoms with Crippen LogP contribution in [0.5, 0.6) is 0 Å². The summed E-state index contributed by atoms with van der Waals surface area (Å²) in [6.07, 6.45) is 0. The molecule has 0 fully saturated rings. The number of hydrogen-bond acceptors (Lipinski definition) is 5. The lowest BCUT2D eigenvalue weighted by Gasteiger charge is -2.22. The van der Waals surface area contributed by atoms with Crippen LogP contribution in [0.1, 0.15) is 0 Å². The fourth-order valence-corrected chi connectivity index (χ4v) is 11.9. The van der Waals surface area contributed by atoms with E-state index in [9.17, 15) is 0 Å². The van der Waals surface area contributed by atoms with Crippen molar-refractivity contribution < 1.29 is 0 Å². The van der Waals surface area contributed by atoms with E-state index in [2.05, 4.69) is 211 Å². The third-order valence-electron chi connectivity index (χ3n) is 11.6. The first-order valence-electron chi connectivity index (χ1n) is 20.1. The largest absolute Gasteiger partial charge is 0.286 e. The number of benzene rings is 9. The molecule has 2 nitrogen and oxygen atoms in total. The third kappa shape index (κ3) is 6.01. The Morgan fingerprint density at radius 3 is 1.27 bits per heavy atom.